The number of hydrogen-bond acceptors (Lipinski definition) is 3. The second-order valence-electron chi connectivity index (χ2n) is 14.5. The van der Waals surface area contributed by atoms with Crippen molar-refractivity contribution in [3.05, 3.63) is 194 Å². The van der Waals surface area contributed by atoms with Crippen LogP contribution in [0.1, 0.15) is 0 Å². The first-order valence-corrected chi connectivity index (χ1v) is 19.8. The van der Waals surface area contributed by atoms with Crippen molar-refractivity contribution in [2.24, 2.45) is 0 Å². The van der Waals surface area contributed by atoms with Crippen LogP contribution in [0, 0.1) is 0 Å². The van der Waals surface area contributed by atoms with Crippen LogP contribution in [0.4, 0.5) is 17.1 Å². The smallest absolute Gasteiger partial charge is 0.152 e. The lowest BCUT2D eigenvalue weighted by molar-refractivity contribution is 0.476. The Balaban J connectivity index is 0.961. The second kappa shape index (κ2) is 12.2. The second-order valence-corrected chi connectivity index (χ2v) is 15.5. The van der Waals surface area contributed by atoms with E-state index in [9.17, 15) is 0 Å². The zero-order chi connectivity index (χ0) is 36.7. The summed E-state index contributed by atoms with van der Waals surface area (Å²) in [5.41, 5.74) is 11.6. The Morgan fingerprint density at radius 3 is 1.96 bits per heavy atom. The van der Waals surface area contributed by atoms with E-state index in [1.807, 2.05) is 23.5 Å². The monoisotopic (exact) mass is 732 g/mol. The van der Waals surface area contributed by atoms with Crippen LogP contribution in [-0.2, 0) is 0 Å². The molecule has 0 spiro atoms. The fraction of sp³-hybridized carbons (Fsp3) is 0. The van der Waals surface area contributed by atoms with Gasteiger partial charge in [-0.25, -0.2) is 0 Å². The molecule has 12 rings (SSSR count). The standard InChI is InChI=1S/C52H32N2OS/c1-2-12-39-34(10-1)11-7-18-45(39)53(38-29-24-35(25-30-38)40-14-8-16-43-41-13-3-6-21-50(41)56-52(40)43)37-27-22-33(23-28-37)36-26-31-46-44(32-36)42-15-9-20-49-51(42)54(46)47-17-4-5-19-48(47)55-49/h1-32H. The summed E-state index contributed by atoms with van der Waals surface area (Å²) in [6, 6.07) is 70.2. The van der Waals surface area contributed by atoms with E-state index in [0.29, 0.717) is 0 Å². The summed E-state index contributed by atoms with van der Waals surface area (Å²) in [7, 11) is 0. The molecule has 3 heterocycles. The zero-order valence-corrected chi connectivity index (χ0v) is 31.0. The number of thiophene rings is 1. The predicted octanol–water partition coefficient (Wildman–Crippen LogP) is 15.2. The maximum absolute atomic E-state index is 6.36. The summed E-state index contributed by atoms with van der Waals surface area (Å²) in [6.07, 6.45) is 0. The summed E-state index contributed by atoms with van der Waals surface area (Å²) >= 11 is 1.87. The van der Waals surface area contributed by atoms with E-state index in [1.54, 1.807) is 0 Å². The van der Waals surface area contributed by atoms with E-state index >= 15 is 0 Å². The summed E-state index contributed by atoms with van der Waals surface area (Å²) in [6.45, 7) is 0. The number of hydrogen-bond donors (Lipinski definition) is 0. The number of anilines is 3. The van der Waals surface area contributed by atoms with Crippen LogP contribution >= 0.6 is 11.3 Å². The molecule has 11 aromatic rings. The molecule has 0 fully saturated rings. The van der Waals surface area contributed by atoms with Gasteiger partial charge in [0.25, 0.3) is 0 Å². The highest BCUT2D eigenvalue weighted by Gasteiger charge is 2.24. The van der Waals surface area contributed by atoms with Crippen LogP contribution in [-0.4, -0.2) is 4.57 Å². The number of ether oxygens (including phenoxy) is 1. The Hall–Kier alpha value is -7.14. The van der Waals surface area contributed by atoms with Gasteiger partial charge in [-0.2, -0.15) is 0 Å². The molecule has 0 amide bonds. The normalized spacial score (nSPS) is 12.1. The fourth-order valence-electron chi connectivity index (χ4n) is 8.79. The van der Waals surface area contributed by atoms with Gasteiger partial charge in [0, 0.05) is 47.7 Å². The predicted molar refractivity (Wildman–Crippen MR) is 237 cm³/mol. The summed E-state index contributed by atoms with van der Waals surface area (Å²) < 4.78 is 11.4. The first-order valence-electron chi connectivity index (χ1n) is 19.0. The minimum absolute atomic E-state index is 0.878. The van der Waals surface area contributed by atoms with Crippen LogP contribution in [0.25, 0.3) is 80.7 Å². The Labute approximate surface area is 327 Å². The van der Waals surface area contributed by atoms with E-state index < -0.39 is 0 Å². The van der Waals surface area contributed by atoms with E-state index in [-0.39, 0.29) is 0 Å². The van der Waals surface area contributed by atoms with Crippen molar-refractivity contribution in [3.8, 4) is 39.4 Å². The highest BCUT2D eigenvalue weighted by atomic mass is 32.1. The highest BCUT2D eigenvalue weighted by molar-refractivity contribution is 7.26. The highest BCUT2D eigenvalue weighted by Crippen LogP contribution is 2.47. The summed E-state index contributed by atoms with van der Waals surface area (Å²) in [4.78, 5) is 2.39. The molecule has 262 valence electrons. The third kappa shape index (κ3) is 4.70. The van der Waals surface area contributed by atoms with Crippen LogP contribution in [0.15, 0.2) is 194 Å². The quantitative estimate of drug-likeness (QED) is 0.175. The summed E-state index contributed by atoms with van der Waals surface area (Å²) in [5.74, 6) is 1.77. The lowest BCUT2D eigenvalue weighted by Crippen LogP contribution is -2.10. The van der Waals surface area contributed by atoms with Crippen LogP contribution in [0.3, 0.4) is 0 Å². The van der Waals surface area contributed by atoms with Crippen molar-refractivity contribution < 1.29 is 4.74 Å². The molecule has 9 aromatic carbocycles. The Morgan fingerprint density at radius 2 is 1.09 bits per heavy atom. The van der Waals surface area contributed by atoms with Crippen molar-refractivity contribution in [2.75, 3.05) is 4.90 Å². The first kappa shape index (κ1) is 31.2. The van der Waals surface area contributed by atoms with Crippen molar-refractivity contribution in [2.45, 2.75) is 0 Å². The molecule has 0 radical (unpaired) electrons. The SMILES string of the molecule is c1ccc2c(c1)Oc1cccc3c4cc(-c5ccc(N(c6ccc(-c7cccc8c7sc7ccccc78)cc6)c6cccc7ccccc67)cc5)ccc4n-2c13. The van der Waals surface area contributed by atoms with Crippen molar-refractivity contribution >= 4 is 81.1 Å². The Morgan fingerprint density at radius 1 is 0.446 bits per heavy atom. The van der Waals surface area contributed by atoms with Gasteiger partial charge >= 0.3 is 0 Å². The maximum Gasteiger partial charge on any atom is 0.152 e. The summed E-state index contributed by atoms with van der Waals surface area (Å²) in [5, 5.41) is 7.47. The van der Waals surface area contributed by atoms with E-state index in [2.05, 4.69) is 191 Å². The fourth-order valence-corrected chi connectivity index (χ4v) is 10.0. The van der Waals surface area contributed by atoms with E-state index in [4.69, 9.17) is 4.74 Å². The third-order valence-electron chi connectivity index (χ3n) is 11.4. The average Bonchev–Trinajstić information content (AvgIpc) is 3.81. The first-order chi connectivity index (χ1) is 27.8. The molecule has 0 aliphatic carbocycles. The molecule has 0 saturated heterocycles. The van der Waals surface area contributed by atoms with Gasteiger partial charge in [-0.1, -0.05) is 127 Å². The zero-order valence-electron chi connectivity index (χ0n) is 30.2. The molecule has 4 heteroatoms. The van der Waals surface area contributed by atoms with Crippen molar-refractivity contribution in [1.29, 1.82) is 0 Å². The average molecular weight is 733 g/mol. The van der Waals surface area contributed by atoms with Gasteiger partial charge < -0.3 is 14.2 Å². The number of nitrogens with zero attached hydrogens (tertiary/aromatic N) is 2. The van der Waals surface area contributed by atoms with Crippen LogP contribution in [0.2, 0.25) is 0 Å². The molecule has 2 aromatic heterocycles. The largest absolute Gasteiger partial charge is 0.453 e. The van der Waals surface area contributed by atoms with E-state index in [0.717, 1.165) is 39.8 Å². The Kier molecular flexibility index (Phi) is 6.80. The molecule has 0 atom stereocenters. The molecule has 1 aliphatic heterocycles. The van der Waals surface area contributed by atoms with Gasteiger partial charge in [0.1, 0.15) is 0 Å². The number of benzene rings is 9. The van der Waals surface area contributed by atoms with Crippen molar-refractivity contribution in [1.82, 2.24) is 4.57 Å². The van der Waals surface area contributed by atoms with Gasteiger partial charge in [0.15, 0.2) is 11.5 Å². The van der Waals surface area contributed by atoms with Gasteiger partial charge in [-0.15, -0.1) is 11.3 Å². The number of fused-ring (bicyclic) bond motifs is 9. The van der Waals surface area contributed by atoms with Gasteiger partial charge in [0.2, 0.25) is 0 Å². The minimum Gasteiger partial charge on any atom is -0.453 e. The Bertz CT molecular complexity index is 3330. The molecule has 0 bridgehead atoms. The van der Waals surface area contributed by atoms with Gasteiger partial charge in [0.05, 0.1) is 22.4 Å². The molecule has 0 saturated carbocycles. The van der Waals surface area contributed by atoms with E-state index in [1.165, 1.54) is 69.5 Å². The van der Waals surface area contributed by atoms with Gasteiger partial charge in [-0.3, -0.25) is 0 Å². The molecule has 0 N–H and O–H groups in total. The van der Waals surface area contributed by atoms with Gasteiger partial charge in [-0.05, 0) is 94.4 Å². The lowest BCUT2D eigenvalue weighted by atomic mass is 10.0. The molecule has 56 heavy (non-hydrogen) atoms. The number of para-hydroxylation sites is 3. The molecule has 0 unspecified atom stereocenters. The number of aromatic nitrogens is 1. The van der Waals surface area contributed by atoms with Crippen LogP contribution < -0.4 is 9.64 Å². The molecule has 1 aliphatic rings. The lowest BCUT2D eigenvalue weighted by Gasteiger charge is -2.27. The van der Waals surface area contributed by atoms with Crippen molar-refractivity contribution in [3.63, 3.8) is 0 Å². The minimum atomic E-state index is 0.878. The third-order valence-corrected chi connectivity index (χ3v) is 12.6. The number of rotatable bonds is 5. The molecule has 3 nitrogen and oxygen atoms in total. The van der Waals surface area contributed by atoms with Crippen LogP contribution in [0.5, 0.6) is 11.5 Å². The molecular formula is C52H32N2OS. The molecular weight excluding hydrogens is 701 g/mol. The maximum atomic E-state index is 6.36. The topological polar surface area (TPSA) is 17.4 Å².